The number of primary amides is 2. The summed E-state index contributed by atoms with van der Waals surface area (Å²) in [6.07, 6.45) is -3.80. The van der Waals surface area contributed by atoms with Gasteiger partial charge < -0.3 is 85.1 Å². The van der Waals surface area contributed by atoms with Gasteiger partial charge in [0.1, 0.15) is 58.9 Å². The van der Waals surface area contributed by atoms with Crippen LogP contribution in [0.3, 0.4) is 0 Å². The molecule has 0 aliphatic carbocycles. The number of aryl methyl sites for hydroxylation is 4. The second-order valence-corrected chi connectivity index (χ2v) is 25.0. The number of morpholine rings is 1. The Morgan fingerprint density at radius 3 is 2.03 bits per heavy atom. The van der Waals surface area contributed by atoms with Gasteiger partial charge in [-0.05, 0) is 107 Å². The van der Waals surface area contributed by atoms with E-state index in [4.69, 9.17) is 46.0 Å². The number of unbranched alkanes of at least 4 members (excludes halogenated alkanes) is 2. The Balaban J connectivity index is 0.786. The summed E-state index contributed by atoms with van der Waals surface area (Å²) < 4.78 is 36.5. The number of aromatic nitrogens is 8. The Hall–Kier alpha value is -10.4. The van der Waals surface area contributed by atoms with Crippen LogP contribution in [0.25, 0.3) is 22.1 Å². The zero-order chi connectivity index (χ0) is 72.9. The Morgan fingerprint density at radius 2 is 1.36 bits per heavy atom. The number of carboxylic acids is 1. The number of carboxylic acid groups (broad SMARTS) is 1. The Bertz CT molecular complexity index is 4270. The molecule has 7 amide bonds. The first-order valence-corrected chi connectivity index (χ1v) is 33.4. The van der Waals surface area contributed by atoms with Crippen molar-refractivity contribution in [3.63, 3.8) is 0 Å². The number of imidazole rings is 2. The minimum absolute atomic E-state index is 0.00618. The fraction of sp³-hybridized carbons (Fsp3) is 0.463. The van der Waals surface area contributed by atoms with Gasteiger partial charge in [0, 0.05) is 95.0 Å². The number of aliphatic hydroxyl groups excluding tert-OH is 3. The number of fused-ring (bicyclic) bond motifs is 2. The van der Waals surface area contributed by atoms with Gasteiger partial charge in [0.2, 0.25) is 41.8 Å². The lowest BCUT2D eigenvalue weighted by molar-refractivity contribution is -0.271. The first-order chi connectivity index (χ1) is 48.9. The van der Waals surface area contributed by atoms with Crippen LogP contribution in [0.1, 0.15) is 117 Å². The summed E-state index contributed by atoms with van der Waals surface area (Å²) in [6, 6.07) is 15.7. The third-order valence-electron chi connectivity index (χ3n) is 17.5. The summed E-state index contributed by atoms with van der Waals surface area (Å²) in [4.78, 5) is 122. The molecule has 0 radical (unpaired) electrons. The van der Waals surface area contributed by atoms with Gasteiger partial charge in [-0.3, -0.25) is 53.7 Å². The van der Waals surface area contributed by atoms with Gasteiger partial charge in [-0.15, -0.1) is 0 Å². The van der Waals surface area contributed by atoms with E-state index in [-0.39, 0.29) is 124 Å². The number of nitrogens with zero attached hydrogens (tertiary/aromatic N) is 10. The SMILES string of the molecule is CCn1nc(C)cc1C(=O)Nc1nc2cc(C(N)=O)ccc2n1C/C=C/Cn1c(NC(=O)c2cc(C)nn2CC)nc2cc(C(N)=O)cc(OCCCN3CC4(C3)CN(C(=O)OCc3ccc(OC5OC(C(=O)O)C(O)C(O)C5O)c(CNC(=O)CCNC(=O)CCCCCON)c3)CCO4)c21. The molecule has 10 rings (SSSR count). The predicted molar refractivity (Wildman–Crippen MR) is 363 cm³/mol. The molecule has 3 aliphatic heterocycles. The molecule has 3 aliphatic rings. The molecule has 35 nitrogen and oxygen atoms in total. The second-order valence-electron chi connectivity index (χ2n) is 25.0. The number of hydrogen-bond acceptors (Lipinski definition) is 23. The standard InChI is InChI=1S/C67H85N17O18/c1-5-83-47(27-38(3)77-83)60(92)75-64-73-44-30-41(58(68)90)15-16-46(44)81(64)21-9-10-22-82-53-45(74-65(82)76-61(93)48-28-39(4)78-84(48)6-2)31-42(59(69)91)32-50(53)97-24-12-20-79-35-67(36-79)37-80(23-26-99-67)66(96)98-34-40-14-17-49(101-63-56(89)54(87)55(88)57(102-63)62(94)95)43(29-40)33-72-52(86)18-19-71-51(85)13-8-7-11-25-100-70/h9-10,14-17,27-32,54-57,63,87-89H,5-8,11-13,18-26,33-37,70H2,1-4H3,(H2,68,90)(H2,69,91)(H,71,85)(H,72,86)(H,94,95)(H,73,75,92)(H,74,76,93)/b10-9+. The number of aliphatic hydroxyl groups is 3. The third-order valence-corrected chi connectivity index (χ3v) is 17.5. The number of nitrogens with two attached hydrogens (primary N) is 3. The van der Waals surface area contributed by atoms with Crippen LogP contribution in [-0.4, -0.2) is 212 Å². The van der Waals surface area contributed by atoms with Gasteiger partial charge in [0.25, 0.3) is 11.8 Å². The maximum atomic E-state index is 14.1. The van der Waals surface area contributed by atoms with E-state index in [0.29, 0.717) is 103 Å². The van der Waals surface area contributed by atoms with Gasteiger partial charge >= 0.3 is 12.1 Å². The molecular weight excluding hydrogens is 1330 g/mol. The van der Waals surface area contributed by atoms with Crippen molar-refractivity contribution in [1.82, 2.24) is 59.1 Å². The van der Waals surface area contributed by atoms with Crippen LogP contribution >= 0.6 is 0 Å². The smallest absolute Gasteiger partial charge is 0.410 e. The average molecular weight is 1420 g/mol. The lowest BCUT2D eigenvalue weighted by Crippen LogP contribution is -2.70. The molecule has 4 aromatic heterocycles. The minimum Gasteiger partial charge on any atom is -0.491 e. The summed E-state index contributed by atoms with van der Waals surface area (Å²) in [5, 5.41) is 61.3. The number of allylic oxidation sites excluding steroid dienone is 2. The van der Waals surface area contributed by atoms with E-state index in [1.165, 1.54) is 24.3 Å². The molecule has 14 N–H and O–H groups in total. The topological polar surface area (TPSA) is 477 Å². The van der Waals surface area contributed by atoms with Crippen LogP contribution in [0.15, 0.2) is 72.8 Å². The molecule has 7 heterocycles. The van der Waals surface area contributed by atoms with E-state index in [0.717, 1.165) is 6.42 Å². The molecule has 546 valence electrons. The molecule has 5 atom stereocenters. The van der Waals surface area contributed by atoms with Crippen LogP contribution in [0.5, 0.6) is 11.5 Å². The lowest BCUT2D eigenvalue weighted by atomic mass is 9.91. The van der Waals surface area contributed by atoms with Crippen molar-refractivity contribution in [2.24, 2.45) is 17.4 Å². The number of ether oxygens (including phenoxy) is 5. The number of carbonyl (C=O) groups is 8. The lowest BCUT2D eigenvalue weighted by Gasteiger charge is -2.53. The molecule has 35 heteroatoms. The number of hydrogen-bond donors (Lipinski definition) is 11. The summed E-state index contributed by atoms with van der Waals surface area (Å²) in [5.41, 5.74) is 15.5. The number of rotatable bonds is 33. The number of benzene rings is 3. The van der Waals surface area contributed by atoms with Crippen molar-refractivity contribution in [3.8, 4) is 11.5 Å². The summed E-state index contributed by atoms with van der Waals surface area (Å²) in [5.74, 6) is 0.960. The zero-order valence-electron chi connectivity index (χ0n) is 56.9. The highest BCUT2D eigenvalue weighted by Crippen LogP contribution is 2.34. The summed E-state index contributed by atoms with van der Waals surface area (Å²) >= 11 is 0. The van der Waals surface area contributed by atoms with Gasteiger partial charge in [-0.2, -0.15) is 10.2 Å². The van der Waals surface area contributed by atoms with Gasteiger partial charge in [0.05, 0.1) is 54.3 Å². The molecule has 3 aromatic carbocycles. The van der Waals surface area contributed by atoms with Crippen molar-refractivity contribution < 1.29 is 87.3 Å². The van der Waals surface area contributed by atoms with Crippen molar-refractivity contribution in [2.45, 2.75) is 142 Å². The van der Waals surface area contributed by atoms with E-state index in [1.54, 1.807) is 73.6 Å². The molecule has 7 aromatic rings. The zero-order valence-corrected chi connectivity index (χ0v) is 56.9. The highest BCUT2D eigenvalue weighted by molar-refractivity contribution is 6.05. The first-order valence-electron chi connectivity index (χ1n) is 33.4. The Morgan fingerprint density at radius 1 is 0.706 bits per heavy atom. The molecule has 5 unspecified atom stereocenters. The van der Waals surface area contributed by atoms with E-state index < -0.39 is 77.9 Å². The largest absolute Gasteiger partial charge is 0.491 e. The first kappa shape index (κ1) is 74.3. The quantitative estimate of drug-likeness (QED) is 0.0158. The van der Waals surface area contributed by atoms with Crippen molar-refractivity contribution in [2.75, 3.05) is 69.7 Å². The number of likely N-dealkylation sites (tertiary alicyclic amines) is 1. The van der Waals surface area contributed by atoms with E-state index >= 15 is 0 Å². The molecular formula is C67H85N17O18. The fourth-order valence-corrected chi connectivity index (χ4v) is 12.4. The maximum absolute atomic E-state index is 14.1. The number of aliphatic carboxylic acids is 1. The van der Waals surface area contributed by atoms with Crippen molar-refractivity contribution >= 4 is 81.5 Å². The molecule has 1 spiro atoms. The van der Waals surface area contributed by atoms with E-state index in [2.05, 4.69) is 46.2 Å². The monoisotopic (exact) mass is 1420 g/mol. The van der Waals surface area contributed by atoms with Gasteiger partial charge in [0.15, 0.2) is 6.10 Å². The highest BCUT2D eigenvalue weighted by Gasteiger charge is 2.49. The van der Waals surface area contributed by atoms with E-state index in [9.17, 15) is 58.8 Å². The molecule has 0 bridgehead atoms. The maximum Gasteiger partial charge on any atom is 0.410 e. The van der Waals surface area contributed by atoms with Gasteiger partial charge in [-0.25, -0.2) is 25.5 Å². The number of anilines is 2. The average Bonchev–Trinajstić information content (AvgIpc) is 1.32. The highest BCUT2D eigenvalue weighted by atomic mass is 16.7. The van der Waals surface area contributed by atoms with Crippen LogP contribution in [0.4, 0.5) is 16.7 Å². The number of amides is 7. The van der Waals surface area contributed by atoms with Crippen LogP contribution < -0.4 is 48.1 Å². The third kappa shape index (κ3) is 17.8. The number of nitrogens with one attached hydrogen (secondary N) is 4. The van der Waals surface area contributed by atoms with Crippen LogP contribution in [0, 0.1) is 13.8 Å². The molecule has 102 heavy (non-hydrogen) atoms. The van der Waals surface area contributed by atoms with Crippen molar-refractivity contribution in [1.29, 1.82) is 0 Å². The molecule has 0 saturated carbocycles. The summed E-state index contributed by atoms with van der Waals surface area (Å²) in [7, 11) is 0. The molecule has 3 saturated heterocycles. The Labute approximate surface area is 584 Å². The minimum atomic E-state index is -1.97. The molecule has 3 fully saturated rings. The van der Waals surface area contributed by atoms with Gasteiger partial charge in [-0.1, -0.05) is 24.6 Å². The van der Waals surface area contributed by atoms with Crippen LogP contribution in [0.2, 0.25) is 0 Å². The predicted octanol–water partition coefficient (Wildman–Crippen LogP) is 1.73. The second kappa shape index (κ2) is 33.4. The Kier molecular flexibility index (Phi) is 24.3. The number of carbonyl (C=O) groups excluding carboxylic acids is 7. The normalized spacial score (nSPS) is 18.1. The van der Waals surface area contributed by atoms with Crippen molar-refractivity contribution in [3.05, 3.63) is 118 Å². The van der Waals surface area contributed by atoms with Crippen LogP contribution in [-0.2, 0) is 72.8 Å². The fourth-order valence-electron chi connectivity index (χ4n) is 12.4. The van der Waals surface area contributed by atoms with E-state index in [1.807, 2.05) is 26.0 Å². The summed E-state index contributed by atoms with van der Waals surface area (Å²) in [6.45, 7) is 10.7.